The lowest BCUT2D eigenvalue weighted by molar-refractivity contribution is -0.140. The number of rotatable bonds is 20. The summed E-state index contributed by atoms with van der Waals surface area (Å²) in [4.78, 5) is 77.3. The number of hydrogen-bond acceptors (Lipinski definition) is 12. The number of fused-ring (bicyclic) bond motifs is 4. The number of amides is 5. The minimum atomic E-state index is -0.635. The van der Waals surface area contributed by atoms with Crippen LogP contribution in [-0.4, -0.2) is 149 Å². The Morgan fingerprint density at radius 2 is 1.52 bits per heavy atom. The Bertz CT molecular complexity index is 2830. The van der Waals surface area contributed by atoms with Crippen LogP contribution in [0.3, 0.4) is 0 Å². The van der Waals surface area contributed by atoms with Gasteiger partial charge in [-0.1, -0.05) is 43.0 Å². The third kappa shape index (κ3) is 12.5. The van der Waals surface area contributed by atoms with E-state index in [1.807, 2.05) is 35.8 Å². The number of nitrogens with one attached hydrogen (secondary N) is 4. The van der Waals surface area contributed by atoms with Crippen LogP contribution in [0.25, 0.3) is 15.9 Å². The number of aliphatic imine (C=N–C) groups is 1. The average Bonchev–Trinajstić information content (AvgIpc) is 4.02. The van der Waals surface area contributed by atoms with Crippen LogP contribution in [0.4, 0.5) is 4.39 Å². The predicted molar refractivity (Wildman–Crippen MR) is 277 cm³/mol. The first-order chi connectivity index (χ1) is 35.2. The maximum absolute atomic E-state index is 14.4. The molecule has 3 atom stereocenters. The Kier molecular flexibility index (Phi) is 17.7. The summed E-state index contributed by atoms with van der Waals surface area (Å²) in [6.07, 6.45) is 4.92. The van der Waals surface area contributed by atoms with Crippen molar-refractivity contribution in [2.45, 2.75) is 90.9 Å². The molecule has 2 aromatic carbocycles. The lowest BCUT2D eigenvalue weighted by Crippen LogP contribution is -2.59. The lowest BCUT2D eigenvalue weighted by Gasteiger charge is -2.39. The van der Waals surface area contributed by atoms with Crippen molar-refractivity contribution in [2.24, 2.45) is 10.9 Å². The van der Waals surface area contributed by atoms with Crippen molar-refractivity contribution in [1.29, 1.82) is 0 Å². The highest BCUT2D eigenvalue weighted by Crippen LogP contribution is 2.40. The van der Waals surface area contributed by atoms with Crippen molar-refractivity contribution < 1.29 is 37.8 Å². The highest BCUT2D eigenvalue weighted by Gasteiger charge is 2.37. The molecule has 21 heteroatoms. The van der Waals surface area contributed by atoms with E-state index in [2.05, 4.69) is 45.3 Å². The largest absolute Gasteiger partial charge is 0.377 e. The molecule has 3 aliphatic rings. The van der Waals surface area contributed by atoms with Crippen molar-refractivity contribution in [1.82, 2.24) is 50.4 Å². The molecule has 5 amide bonds. The van der Waals surface area contributed by atoms with Gasteiger partial charge in [0.15, 0.2) is 5.82 Å². The Labute approximate surface area is 433 Å². The number of nitrogens with zero attached hydrogens (tertiary/aromatic N) is 7. The van der Waals surface area contributed by atoms with E-state index in [1.54, 1.807) is 51.8 Å². The average molecular weight is 1040 g/mol. The first kappa shape index (κ1) is 53.2. The van der Waals surface area contributed by atoms with E-state index in [9.17, 15) is 28.4 Å². The highest BCUT2D eigenvalue weighted by atomic mass is 35.5. The van der Waals surface area contributed by atoms with E-state index in [4.69, 9.17) is 26.1 Å². The molecule has 18 nitrogen and oxygen atoms in total. The second kappa shape index (κ2) is 24.3. The normalized spacial score (nSPS) is 16.8. The minimum Gasteiger partial charge on any atom is -0.377 e. The van der Waals surface area contributed by atoms with Gasteiger partial charge in [-0.2, -0.15) is 0 Å². The number of thiophene rings is 1. The van der Waals surface area contributed by atoms with E-state index in [0.717, 1.165) is 64.4 Å². The van der Waals surface area contributed by atoms with E-state index in [0.29, 0.717) is 27.6 Å². The molecule has 1 aliphatic carbocycles. The van der Waals surface area contributed by atoms with Crippen LogP contribution in [0.1, 0.15) is 95.2 Å². The number of aromatic nitrogens is 4. The Balaban J connectivity index is 0.774. The summed E-state index contributed by atoms with van der Waals surface area (Å²) in [5.41, 5.74) is 4.52. The molecular formula is C52H65ClFN11O7S. The third-order valence-corrected chi connectivity index (χ3v) is 15.5. The summed E-state index contributed by atoms with van der Waals surface area (Å²) in [7, 11) is 1.70. The van der Waals surface area contributed by atoms with Gasteiger partial charge in [-0.05, 0) is 95.5 Å². The summed E-state index contributed by atoms with van der Waals surface area (Å²) in [6, 6.07) is 11.6. The van der Waals surface area contributed by atoms with Gasteiger partial charge < -0.3 is 45.1 Å². The number of piperazine rings is 1. The van der Waals surface area contributed by atoms with Crippen LogP contribution in [0, 0.1) is 32.5 Å². The number of benzene rings is 2. The van der Waals surface area contributed by atoms with E-state index in [1.165, 1.54) is 12.1 Å². The van der Waals surface area contributed by atoms with Crippen molar-refractivity contribution >= 4 is 69.1 Å². The second-order valence-corrected chi connectivity index (χ2v) is 20.5. The predicted octanol–water partition coefficient (Wildman–Crippen LogP) is 5.21. The van der Waals surface area contributed by atoms with Crippen molar-refractivity contribution in [3.05, 3.63) is 98.3 Å². The van der Waals surface area contributed by atoms with Gasteiger partial charge in [-0.25, -0.2) is 4.39 Å². The van der Waals surface area contributed by atoms with Crippen LogP contribution < -0.4 is 21.3 Å². The monoisotopic (exact) mass is 1040 g/mol. The number of carbonyl (C=O) groups is 5. The second-order valence-electron chi connectivity index (χ2n) is 18.9. The fourth-order valence-electron chi connectivity index (χ4n) is 9.76. The highest BCUT2D eigenvalue weighted by molar-refractivity contribution is 7.15. The minimum absolute atomic E-state index is 0.0491. The fourth-order valence-corrected chi connectivity index (χ4v) is 11.1. The van der Waals surface area contributed by atoms with Gasteiger partial charge in [0.2, 0.25) is 23.6 Å². The van der Waals surface area contributed by atoms with E-state index in [-0.39, 0.29) is 120 Å². The van der Waals surface area contributed by atoms with Crippen LogP contribution in [0.15, 0.2) is 53.5 Å². The Morgan fingerprint density at radius 1 is 0.849 bits per heavy atom. The summed E-state index contributed by atoms with van der Waals surface area (Å²) in [6.45, 7) is 10.1. The molecule has 5 aromatic rings. The standard InChI is InChI=1S/C52H65ClFN11O7S/c1-31-33(3)73-52-45(31)46(36-11-13-38(53)14-12-36)58-40(48-61-60-34(4)65(48)52)29-43(66)56-17-23-71-25-26-72-24-18-57-44(67)30-64-41-16-15-39(54)27-37(41)28-42(64)50(69)62-19-21-63(22-20-62)51(70)47(35-9-7-6-8-10-35)59-49(68)32(2)55-5/h11-16,27-28,32,35,40,47,55H,6-10,17-26,29-30H2,1-5H3,(H,56,66)(H,57,67)(H,59,68)/t32?,40-,47?/m0/s1. The van der Waals surface area contributed by atoms with Crippen molar-refractivity contribution in [3.63, 3.8) is 0 Å². The maximum Gasteiger partial charge on any atom is 0.270 e. The molecule has 0 bridgehead atoms. The summed E-state index contributed by atoms with van der Waals surface area (Å²) in [5, 5.41) is 22.7. The van der Waals surface area contributed by atoms with Gasteiger partial charge >= 0.3 is 0 Å². The molecule has 2 unspecified atom stereocenters. The molecule has 73 heavy (non-hydrogen) atoms. The third-order valence-electron chi connectivity index (χ3n) is 14.0. The van der Waals surface area contributed by atoms with E-state index >= 15 is 0 Å². The molecule has 3 aromatic heterocycles. The smallest absolute Gasteiger partial charge is 0.270 e. The summed E-state index contributed by atoms with van der Waals surface area (Å²) in [5.74, 6) is -0.383. The number of ether oxygens (including phenoxy) is 2. The summed E-state index contributed by atoms with van der Waals surface area (Å²) >= 11 is 7.89. The molecule has 4 N–H and O–H groups in total. The number of halogens is 2. The molecular weight excluding hydrogens is 977 g/mol. The molecule has 2 fully saturated rings. The Hall–Kier alpha value is -6.06. The van der Waals surface area contributed by atoms with Crippen LogP contribution in [0.2, 0.25) is 5.02 Å². The molecule has 390 valence electrons. The van der Waals surface area contributed by atoms with Gasteiger partial charge in [0.05, 0.1) is 44.6 Å². The molecule has 2 aliphatic heterocycles. The molecule has 0 spiro atoms. The number of hydrogen-bond donors (Lipinski definition) is 4. The Morgan fingerprint density at radius 3 is 2.21 bits per heavy atom. The van der Waals surface area contributed by atoms with Crippen LogP contribution in [-0.2, 0) is 35.2 Å². The summed E-state index contributed by atoms with van der Waals surface area (Å²) < 4.78 is 29.4. The van der Waals surface area contributed by atoms with E-state index < -0.39 is 23.9 Å². The number of aryl methyl sites for hydroxylation is 2. The van der Waals surface area contributed by atoms with Crippen LogP contribution in [0.5, 0.6) is 0 Å². The van der Waals surface area contributed by atoms with Crippen LogP contribution >= 0.6 is 22.9 Å². The van der Waals surface area contributed by atoms with Crippen molar-refractivity contribution in [3.8, 4) is 5.00 Å². The molecule has 1 saturated heterocycles. The zero-order chi connectivity index (χ0) is 51.8. The molecule has 0 radical (unpaired) electrons. The number of likely N-dealkylation sites (N-methyl/N-ethyl adjacent to an activating group) is 1. The quantitative estimate of drug-likeness (QED) is 0.0750. The first-order valence-corrected chi connectivity index (χ1v) is 26.3. The molecule has 5 heterocycles. The van der Waals surface area contributed by atoms with Gasteiger partial charge in [-0.15, -0.1) is 21.5 Å². The number of carbonyl (C=O) groups excluding carboxylic acids is 5. The molecule has 8 rings (SSSR count). The van der Waals surface area contributed by atoms with Gasteiger partial charge in [-0.3, -0.25) is 33.5 Å². The fraction of sp³-hybridized carbons (Fsp3) is 0.500. The zero-order valence-electron chi connectivity index (χ0n) is 42.1. The maximum atomic E-state index is 14.4. The molecule has 1 saturated carbocycles. The van der Waals surface area contributed by atoms with Gasteiger partial charge in [0.25, 0.3) is 5.91 Å². The SMILES string of the molecule is CNC(C)C(=O)NC(C(=O)N1CCN(C(=O)c2cc3cc(F)ccc3n2CC(=O)NCCOCCOCCNC(=O)C[C@@H]2N=C(c3ccc(Cl)cc3)c3c(sc(C)c3C)-n3c(C)nnc32)CC1)C1CCCCC1. The van der Waals surface area contributed by atoms with Crippen molar-refractivity contribution in [2.75, 3.05) is 72.7 Å². The van der Waals surface area contributed by atoms with Gasteiger partial charge in [0, 0.05) is 71.2 Å². The first-order valence-electron chi connectivity index (χ1n) is 25.1. The zero-order valence-corrected chi connectivity index (χ0v) is 43.7. The lowest BCUT2D eigenvalue weighted by atomic mass is 9.83. The topological polar surface area (TPSA) is 206 Å². The van der Waals surface area contributed by atoms with Gasteiger partial charge in [0.1, 0.15) is 41.0 Å².